The molecule has 0 aliphatic rings. The van der Waals surface area contributed by atoms with Crippen molar-refractivity contribution in [1.29, 1.82) is 0 Å². The van der Waals surface area contributed by atoms with Crippen molar-refractivity contribution in [3.05, 3.63) is 53.1 Å². The van der Waals surface area contributed by atoms with Crippen LogP contribution in [0, 0.1) is 5.92 Å². The molecule has 0 bridgehead atoms. The Labute approximate surface area is 129 Å². The van der Waals surface area contributed by atoms with Crippen LogP contribution in [0.2, 0.25) is 0 Å². The van der Waals surface area contributed by atoms with Gasteiger partial charge in [-0.2, -0.15) is 0 Å². The van der Waals surface area contributed by atoms with Gasteiger partial charge in [-0.3, -0.25) is 4.79 Å². The molecule has 2 aromatic rings. The third-order valence-electron chi connectivity index (χ3n) is 3.25. The van der Waals surface area contributed by atoms with Gasteiger partial charge in [0.15, 0.2) is 5.78 Å². The van der Waals surface area contributed by atoms with Gasteiger partial charge in [-0.1, -0.05) is 38.1 Å². The number of ketones is 1. The minimum atomic E-state index is -0.267. The predicted octanol–water partition coefficient (Wildman–Crippen LogP) is 3.81. The van der Waals surface area contributed by atoms with Gasteiger partial charge in [0.25, 0.3) is 0 Å². The smallest absolute Gasteiger partial charge is 0.169 e. The van der Waals surface area contributed by atoms with Crippen LogP contribution in [0.4, 0.5) is 0 Å². The summed E-state index contributed by atoms with van der Waals surface area (Å²) in [6.45, 7) is 3.50. The molecule has 0 amide bonds. The van der Waals surface area contributed by atoms with Gasteiger partial charge in [0.05, 0.1) is 5.56 Å². The number of aromatic hydroxyl groups is 3. The highest BCUT2D eigenvalue weighted by Crippen LogP contribution is 2.30. The van der Waals surface area contributed by atoms with Crippen molar-refractivity contribution in [1.82, 2.24) is 0 Å². The van der Waals surface area contributed by atoms with E-state index in [2.05, 4.69) is 0 Å². The number of hydrogen-bond acceptors (Lipinski definition) is 4. The number of hydrogen-bond donors (Lipinski definition) is 3. The summed E-state index contributed by atoms with van der Waals surface area (Å²) in [6, 6.07) is 9.15. The molecule has 0 atom stereocenters. The summed E-state index contributed by atoms with van der Waals surface area (Å²) >= 11 is 0. The zero-order chi connectivity index (χ0) is 16.3. The third kappa shape index (κ3) is 3.47. The Morgan fingerprint density at radius 1 is 0.955 bits per heavy atom. The van der Waals surface area contributed by atoms with Crippen LogP contribution in [-0.2, 0) is 0 Å². The normalized spacial score (nSPS) is 11.2. The number of carbonyl (C=O) groups is 1. The van der Waals surface area contributed by atoms with Gasteiger partial charge in [-0.15, -0.1) is 0 Å². The molecule has 0 aliphatic carbocycles. The number of phenols is 3. The molecule has 0 saturated heterocycles. The Morgan fingerprint density at radius 3 is 2.18 bits per heavy atom. The summed E-state index contributed by atoms with van der Waals surface area (Å²) in [6.07, 6.45) is 3.40. The van der Waals surface area contributed by atoms with Gasteiger partial charge in [0.2, 0.25) is 0 Å². The van der Waals surface area contributed by atoms with Gasteiger partial charge in [0.1, 0.15) is 17.2 Å². The van der Waals surface area contributed by atoms with E-state index >= 15 is 0 Å². The second-order valence-corrected chi connectivity index (χ2v) is 5.37. The van der Waals surface area contributed by atoms with Gasteiger partial charge in [-0.05, 0) is 29.3 Å². The van der Waals surface area contributed by atoms with Crippen molar-refractivity contribution in [3.63, 3.8) is 0 Å². The van der Waals surface area contributed by atoms with Crippen LogP contribution in [0.3, 0.4) is 0 Å². The maximum atomic E-state index is 12.2. The minimum Gasteiger partial charge on any atom is -0.508 e. The zero-order valence-corrected chi connectivity index (χ0v) is 12.4. The van der Waals surface area contributed by atoms with Crippen LogP contribution in [0.25, 0.3) is 12.2 Å². The van der Waals surface area contributed by atoms with E-state index < -0.39 is 0 Å². The van der Waals surface area contributed by atoms with E-state index in [1.165, 1.54) is 6.07 Å². The summed E-state index contributed by atoms with van der Waals surface area (Å²) in [5.41, 5.74) is 1.47. The molecule has 0 radical (unpaired) electrons. The van der Waals surface area contributed by atoms with E-state index in [1.807, 2.05) is 0 Å². The summed E-state index contributed by atoms with van der Waals surface area (Å²) in [7, 11) is 0. The quantitative estimate of drug-likeness (QED) is 0.592. The van der Waals surface area contributed by atoms with Crippen LogP contribution < -0.4 is 0 Å². The molecule has 2 rings (SSSR count). The van der Waals surface area contributed by atoms with Crippen LogP contribution in [0.5, 0.6) is 17.2 Å². The molecule has 3 N–H and O–H groups in total. The van der Waals surface area contributed by atoms with Crippen LogP contribution in [0.15, 0.2) is 36.4 Å². The molecule has 4 nitrogen and oxygen atoms in total. The average Bonchev–Trinajstić information content (AvgIpc) is 2.45. The highest BCUT2D eigenvalue weighted by atomic mass is 16.3. The Kier molecular flexibility index (Phi) is 4.51. The van der Waals surface area contributed by atoms with E-state index in [-0.39, 0.29) is 34.5 Å². The van der Waals surface area contributed by atoms with E-state index in [0.29, 0.717) is 5.56 Å². The summed E-state index contributed by atoms with van der Waals surface area (Å²) in [5.74, 6) is -0.630. The lowest BCUT2D eigenvalue weighted by molar-refractivity contribution is 0.0936. The lowest BCUT2D eigenvalue weighted by atomic mass is 9.94. The first-order chi connectivity index (χ1) is 10.4. The maximum absolute atomic E-state index is 12.2. The van der Waals surface area contributed by atoms with Gasteiger partial charge < -0.3 is 15.3 Å². The van der Waals surface area contributed by atoms with Crippen molar-refractivity contribution >= 4 is 17.9 Å². The molecule has 2 aromatic carbocycles. The largest absolute Gasteiger partial charge is 0.508 e. The van der Waals surface area contributed by atoms with E-state index in [0.717, 1.165) is 11.6 Å². The van der Waals surface area contributed by atoms with Crippen molar-refractivity contribution in [3.8, 4) is 17.2 Å². The lowest BCUT2D eigenvalue weighted by Gasteiger charge is -2.11. The fraction of sp³-hybridized carbons (Fsp3) is 0.167. The van der Waals surface area contributed by atoms with Gasteiger partial charge >= 0.3 is 0 Å². The molecule has 0 aliphatic heterocycles. The zero-order valence-electron chi connectivity index (χ0n) is 12.4. The van der Waals surface area contributed by atoms with Gasteiger partial charge in [-0.25, -0.2) is 0 Å². The fourth-order valence-electron chi connectivity index (χ4n) is 2.09. The monoisotopic (exact) mass is 298 g/mol. The highest BCUT2D eigenvalue weighted by molar-refractivity contribution is 6.03. The van der Waals surface area contributed by atoms with Crippen LogP contribution in [-0.4, -0.2) is 21.1 Å². The molecule has 0 unspecified atom stereocenters. The number of Topliss-reactive ketones (excluding diaryl/α,β-unsaturated/α-hetero) is 1. The number of rotatable bonds is 4. The molecule has 114 valence electrons. The third-order valence-corrected chi connectivity index (χ3v) is 3.25. The topological polar surface area (TPSA) is 77.8 Å². The molecule has 0 heterocycles. The molecule has 4 heteroatoms. The highest BCUT2D eigenvalue weighted by Gasteiger charge is 2.19. The second kappa shape index (κ2) is 6.35. The Hall–Kier alpha value is -2.75. The Balaban J connectivity index is 2.45. The number of benzene rings is 2. The van der Waals surface area contributed by atoms with E-state index in [1.54, 1.807) is 50.3 Å². The summed E-state index contributed by atoms with van der Waals surface area (Å²) in [5, 5.41) is 28.9. The standard InChI is InChI=1S/C18H18O4/c1-11(2)18(22)17-13(9-15(20)10-16(17)21)6-3-12-4-7-14(19)8-5-12/h3-11,19-21H,1-2H3. The Morgan fingerprint density at radius 2 is 1.59 bits per heavy atom. The molecule has 22 heavy (non-hydrogen) atoms. The first-order valence-corrected chi connectivity index (χ1v) is 6.96. The van der Waals surface area contributed by atoms with Crippen molar-refractivity contribution in [2.75, 3.05) is 0 Å². The summed E-state index contributed by atoms with van der Waals surface area (Å²) in [4.78, 5) is 12.2. The van der Waals surface area contributed by atoms with Crippen molar-refractivity contribution in [2.24, 2.45) is 5.92 Å². The molecular weight excluding hydrogens is 280 g/mol. The first kappa shape index (κ1) is 15.6. The molecule has 0 fully saturated rings. The van der Waals surface area contributed by atoms with Crippen LogP contribution >= 0.6 is 0 Å². The average molecular weight is 298 g/mol. The van der Waals surface area contributed by atoms with Gasteiger partial charge in [0, 0.05) is 12.0 Å². The van der Waals surface area contributed by atoms with E-state index in [4.69, 9.17) is 0 Å². The lowest BCUT2D eigenvalue weighted by Crippen LogP contribution is -2.09. The predicted molar refractivity (Wildman–Crippen MR) is 86.0 cm³/mol. The maximum Gasteiger partial charge on any atom is 0.169 e. The summed E-state index contributed by atoms with van der Waals surface area (Å²) < 4.78 is 0. The number of phenolic OH excluding ortho intramolecular Hbond substituents is 3. The van der Waals surface area contributed by atoms with Crippen molar-refractivity contribution < 1.29 is 20.1 Å². The fourth-order valence-corrected chi connectivity index (χ4v) is 2.09. The number of carbonyl (C=O) groups excluding carboxylic acids is 1. The molecule has 0 saturated carbocycles. The molecule has 0 aromatic heterocycles. The first-order valence-electron chi connectivity index (χ1n) is 6.96. The van der Waals surface area contributed by atoms with Crippen molar-refractivity contribution in [2.45, 2.75) is 13.8 Å². The second-order valence-electron chi connectivity index (χ2n) is 5.37. The van der Waals surface area contributed by atoms with E-state index in [9.17, 15) is 20.1 Å². The minimum absolute atomic E-state index is 0.108. The SMILES string of the molecule is CC(C)C(=O)c1c(O)cc(O)cc1C=Cc1ccc(O)cc1. The molecular formula is C18H18O4. The van der Waals surface area contributed by atoms with Crippen LogP contribution in [0.1, 0.15) is 35.3 Å². The molecule has 0 spiro atoms. The Bertz CT molecular complexity index is 713.